The number of nitrogens with zero attached hydrogens (tertiary/aromatic N) is 2. The molecule has 7 nitrogen and oxygen atoms in total. The second kappa shape index (κ2) is 8.56. The number of fused-ring (bicyclic) bond motifs is 1. The molecule has 174 valence electrons. The van der Waals surface area contributed by atoms with Crippen molar-refractivity contribution in [1.29, 1.82) is 0 Å². The second-order valence-corrected chi connectivity index (χ2v) is 9.74. The van der Waals surface area contributed by atoms with Gasteiger partial charge in [-0.25, -0.2) is 0 Å². The molecule has 0 aromatic heterocycles. The molecule has 1 amide bonds. The van der Waals surface area contributed by atoms with Gasteiger partial charge in [0.1, 0.15) is 5.76 Å². The number of Topliss-reactive ketones (excluding diaryl/α,β-unsaturated/α-hetero) is 1. The fourth-order valence-electron chi connectivity index (χ4n) is 4.13. The van der Waals surface area contributed by atoms with Crippen LogP contribution >= 0.6 is 0 Å². The number of carbonyl (C=O) groups excluding carboxylic acids is 2. The maximum atomic E-state index is 13.1. The highest BCUT2D eigenvalue weighted by Gasteiger charge is 2.46. The molecule has 0 radical (unpaired) electrons. The molecule has 0 aliphatic carbocycles. The van der Waals surface area contributed by atoms with Crippen molar-refractivity contribution in [2.45, 2.75) is 32.2 Å². The third-order valence-electron chi connectivity index (χ3n) is 6.07. The van der Waals surface area contributed by atoms with Crippen LogP contribution < -0.4 is 9.47 Å². The minimum absolute atomic E-state index is 0.0300. The fraction of sp³-hybridized carbons (Fsp3) is 0.385. The Labute approximate surface area is 194 Å². The molecule has 2 aromatic rings. The van der Waals surface area contributed by atoms with Crippen LogP contribution in [0.4, 0.5) is 0 Å². The van der Waals surface area contributed by atoms with Crippen LogP contribution in [-0.4, -0.2) is 60.6 Å². The summed E-state index contributed by atoms with van der Waals surface area (Å²) >= 11 is 0. The number of likely N-dealkylation sites (N-methyl/N-ethyl adjacent to an activating group) is 1. The van der Waals surface area contributed by atoms with Crippen LogP contribution in [0, 0.1) is 0 Å². The number of likely N-dealkylation sites (tertiary alicyclic amines) is 1. The zero-order valence-corrected chi connectivity index (χ0v) is 19.7. The minimum Gasteiger partial charge on any atom is -0.507 e. The topological polar surface area (TPSA) is 79.3 Å². The summed E-state index contributed by atoms with van der Waals surface area (Å²) in [5, 5.41) is 11.2. The summed E-state index contributed by atoms with van der Waals surface area (Å²) in [4.78, 5) is 29.7. The lowest BCUT2D eigenvalue weighted by Gasteiger charge is -2.27. The third-order valence-corrected chi connectivity index (χ3v) is 6.07. The largest absolute Gasteiger partial charge is 0.507 e. The van der Waals surface area contributed by atoms with Crippen molar-refractivity contribution in [2.75, 3.05) is 34.0 Å². The van der Waals surface area contributed by atoms with E-state index >= 15 is 0 Å². The first-order valence-corrected chi connectivity index (χ1v) is 11.0. The monoisotopic (exact) mass is 450 g/mol. The lowest BCUT2D eigenvalue weighted by atomic mass is 9.85. The van der Waals surface area contributed by atoms with Gasteiger partial charge in [-0.1, -0.05) is 45.0 Å². The van der Waals surface area contributed by atoms with Gasteiger partial charge in [-0.05, 0) is 48.8 Å². The number of aliphatic hydroxyl groups excluding tert-OH is 1. The summed E-state index contributed by atoms with van der Waals surface area (Å²) in [6.45, 7) is 7.45. The molecule has 2 heterocycles. The standard InChI is InChI=1S/C26H30N2O5/c1-26(2,3)18-9-6-16(7-10-18)22-21(24(30)25(31)28(22)13-12-27(4)5)23(29)17-8-11-19-20(14-17)33-15-32-19/h6-11,14,22,29H,12-13,15H2,1-5H3/b23-21-. The van der Waals surface area contributed by atoms with E-state index in [-0.39, 0.29) is 23.5 Å². The molecule has 1 unspecified atom stereocenters. The summed E-state index contributed by atoms with van der Waals surface area (Å²) < 4.78 is 10.8. The number of amides is 1. The van der Waals surface area contributed by atoms with Crippen LogP contribution in [-0.2, 0) is 15.0 Å². The van der Waals surface area contributed by atoms with E-state index in [4.69, 9.17) is 9.47 Å². The van der Waals surface area contributed by atoms with Crippen LogP contribution in [0.1, 0.15) is 43.5 Å². The smallest absolute Gasteiger partial charge is 0.295 e. The quantitative estimate of drug-likeness (QED) is 0.425. The molecule has 4 rings (SSSR count). The number of hydrogen-bond donors (Lipinski definition) is 1. The average molecular weight is 451 g/mol. The molecule has 2 aliphatic rings. The lowest BCUT2D eigenvalue weighted by Crippen LogP contribution is -2.35. The average Bonchev–Trinajstić information content (AvgIpc) is 3.33. The van der Waals surface area contributed by atoms with E-state index in [1.807, 2.05) is 43.3 Å². The molecule has 0 saturated carbocycles. The fourth-order valence-corrected chi connectivity index (χ4v) is 4.13. The molecular weight excluding hydrogens is 420 g/mol. The summed E-state index contributed by atoms with van der Waals surface area (Å²) in [6.07, 6.45) is 0. The van der Waals surface area contributed by atoms with E-state index in [0.29, 0.717) is 30.2 Å². The van der Waals surface area contributed by atoms with Crippen molar-refractivity contribution < 1.29 is 24.2 Å². The Morgan fingerprint density at radius 2 is 1.73 bits per heavy atom. The molecular formula is C26H30N2O5. The van der Waals surface area contributed by atoms with Crippen LogP contribution in [0.15, 0.2) is 48.0 Å². The van der Waals surface area contributed by atoms with E-state index in [2.05, 4.69) is 20.8 Å². The third kappa shape index (κ3) is 4.33. The van der Waals surface area contributed by atoms with Gasteiger partial charge in [0.05, 0.1) is 11.6 Å². The van der Waals surface area contributed by atoms with Crippen molar-refractivity contribution in [3.63, 3.8) is 0 Å². The van der Waals surface area contributed by atoms with Gasteiger partial charge in [0.25, 0.3) is 11.7 Å². The first-order valence-electron chi connectivity index (χ1n) is 11.0. The zero-order valence-electron chi connectivity index (χ0n) is 19.7. The van der Waals surface area contributed by atoms with Gasteiger partial charge in [0, 0.05) is 18.7 Å². The van der Waals surface area contributed by atoms with Gasteiger partial charge < -0.3 is 24.4 Å². The van der Waals surface area contributed by atoms with Crippen molar-refractivity contribution in [1.82, 2.24) is 9.80 Å². The number of benzene rings is 2. The van der Waals surface area contributed by atoms with Crippen molar-refractivity contribution >= 4 is 17.4 Å². The first-order chi connectivity index (χ1) is 15.6. The van der Waals surface area contributed by atoms with Gasteiger partial charge in [-0.15, -0.1) is 0 Å². The van der Waals surface area contributed by atoms with E-state index < -0.39 is 17.7 Å². The van der Waals surface area contributed by atoms with Crippen LogP contribution in [0.3, 0.4) is 0 Å². The SMILES string of the molecule is CN(C)CCN1C(=O)C(=O)/C(=C(\O)c2ccc3c(c2)OCO3)C1c1ccc(C(C)(C)C)cc1. The van der Waals surface area contributed by atoms with E-state index in [0.717, 1.165) is 11.1 Å². The Hall–Kier alpha value is -3.32. The van der Waals surface area contributed by atoms with E-state index in [1.165, 1.54) is 0 Å². The van der Waals surface area contributed by atoms with Gasteiger partial charge in [0.2, 0.25) is 6.79 Å². The molecule has 2 aromatic carbocycles. The number of hydrogen-bond acceptors (Lipinski definition) is 6. The number of carbonyl (C=O) groups is 2. The van der Waals surface area contributed by atoms with E-state index in [1.54, 1.807) is 23.1 Å². The van der Waals surface area contributed by atoms with Crippen LogP contribution in [0.25, 0.3) is 5.76 Å². The van der Waals surface area contributed by atoms with Gasteiger partial charge in [-0.3, -0.25) is 9.59 Å². The summed E-state index contributed by atoms with van der Waals surface area (Å²) in [5.41, 5.74) is 2.38. The summed E-state index contributed by atoms with van der Waals surface area (Å²) in [5.74, 6) is -0.443. The molecule has 1 atom stereocenters. The Balaban J connectivity index is 1.81. The Morgan fingerprint density at radius 3 is 2.36 bits per heavy atom. The number of rotatable bonds is 5. The molecule has 0 bridgehead atoms. The van der Waals surface area contributed by atoms with Crippen molar-refractivity contribution in [2.24, 2.45) is 0 Å². The van der Waals surface area contributed by atoms with Gasteiger partial charge in [0.15, 0.2) is 11.5 Å². The first kappa shape index (κ1) is 22.9. The Bertz CT molecular complexity index is 1110. The summed E-state index contributed by atoms with van der Waals surface area (Å²) in [6, 6.07) is 12.2. The van der Waals surface area contributed by atoms with Crippen LogP contribution in [0.2, 0.25) is 0 Å². The predicted molar refractivity (Wildman–Crippen MR) is 125 cm³/mol. The molecule has 2 aliphatic heterocycles. The lowest BCUT2D eigenvalue weighted by molar-refractivity contribution is -0.140. The van der Waals surface area contributed by atoms with Crippen molar-refractivity contribution in [3.8, 4) is 11.5 Å². The molecule has 1 fully saturated rings. The normalized spacial score (nSPS) is 19.6. The maximum absolute atomic E-state index is 13.1. The Morgan fingerprint density at radius 1 is 1.06 bits per heavy atom. The Kier molecular flexibility index (Phi) is 5.93. The second-order valence-electron chi connectivity index (χ2n) is 9.74. The van der Waals surface area contributed by atoms with Crippen molar-refractivity contribution in [3.05, 3.63) is 64.7 Å². The van der Waals surface area contributed by atoms with E-state index in [9.17, 15) is 14.7 Å². The molecule has 1 N–H and O–H groups in total. The highest BCUT2D eigenvalue weighted by Crippen LogP contribution is 2.41. The maximum Gasteiger partial charge on any atom is 0.295 e. The molecule has 1 saturated heterocycles. The highest BCUT2D eigenvalue weighted by molar-refractivity contribution is 6.46. The molecule has 7 heteroatoms. The van der Waals surface area contributed by atoms with Gasteiger partial charge >= 0.3 is 0 Å². The zero-order chi connectivity index (χ0) is 23.9. The van der Waals surface area contributed by atoms with Gasteiger partial charge in [-0.2, -0.15) is 0 Å². The van der Waals surface area contributed by atoms with Crippen LogP contribution in [0.5, 0.6) is 11.5 Å². The minimum atomic E-state index is -0.686. The number of ketones is 1. The molecule has 33 heavy (non-hydrogen) atoms. The number of ether oxygens (including phenoxy) is 2. The molecule has 0 spiro atoms. The number of aliphatic hydroxyl groups is 1. The predicted octanol–water partition coefficient (Wildman–Crippen LogP) is 3.70. The summed E-state index contributed by atoms with van der Waals surface area (Å²) in [7, 11) is 3.83. The highest BCUT2D eigenvalue weighted by atomic mass is 16.7.